The Morgan fingerprint density at radius 3 is 2.31 bits per heavy atom. The smallest absolute Gasteiger partial charge is 0.339 e. The van der Waals surface area contributed by atoms with E-state index in [1.807, 2.05) is 0 Å². The highest BCUT2D eigenvalue weighted by Crippen LogP contribution is 2.59. The molecule has 0 amide bonds. The normalized spacial score (nSPS) is 28.2. The molecular formula is C22H13I4O9S-. The predicted octanol–water partition coefficient (Wildman–Crippen LogP) is 3.95. The summed E-state index contributed by atoms with van der Waals surface area (Å²) in [5.74, 6) is -4.03. The maximum Gasteiger partial charge on any atom is 0.339 e. The number of halogens is 4. The molecule has 0 radical (unpaired) electrons. The van der Waals surface area contributed by atoms with E-state index < -0.39 is 62.9 Å². The van der Waals surface area contributed by atoms with Crippen LogP contribution in [0.3, 0.4) is 0 Å². The first-order valence-electron chi connectivity index (χ1n) is 10.4. The summed E-state index contributed by atoms with van der Waals surface area (Å²) in [5.41, 5.74) is 0.404. The molecule has 9 nitrogen and oxygen atoms in total. The number of fused-ring (bicyclic) bond motifs is 1. The Balaban J connectivity index is 1.38. The molecule has 2 saturated carbocycles. The summed E-state index contributed by atoms with van der Waals surface area (Å²) < 4.78 is 53.9. The third-order valence-corrected chi connectivity index (χ3v) is 14.8. The molecule has 2 aliphatic carbocycles. The molecule has 0 spiro atoms. The Hall–Kier alpha value is -0.320. The van der Waals surface area contributed by atoms with Crippen molar-refractivity contribution in [1.82, 2.24) is 0 Å². The van der Waals surface area contributed by atoms with Gasteiger partial charge in [-0.05, 0) is 127 Å². The van der Waals surface area contributed by atoms with E-state index in [-0.39, 0.29) is 11.7 Å². The Morgan fingerprint density at radius 2 is 1.67 bits per heavy atom. The summed E-state index contributed by atoms with van der Waals surface area (Å²) in [5, 5.41) is 0. The van der Waals surface area contributed by atoms with Crippen LogP contribution in [0.5, 0.6) is 5.75 Å². The van der Waals surface area contributed by atoms with Gasteiger partial charge in [-0.3, -0.25) is 9.59 Å². The van der Waals surface area contributed by atoms with E-state index in [4.69, 9.17) is 14.2 Å². The molecule has 36 heavy (non-hydrogen) atoms. The van der Waals surface area contributed by atoms with Crippen LogP contribution in [0.1, 0.15) is 16.8 Å². The van der Waals surface area contributed by atoms with E-state index in [2.05, 4.69) is 90.4 Å². The van der Waals surface area contributed by atoms with Crippen molar-refractivity contribution >= 4 is 118 Å². The van der Waals surface area contributed by atoms with Gasteiger partial charge in [-0.2, -0.15) is 0 Å². The van der Waals surface area contributed by atoms with Crippen molar-refractivity contribution in [1.29, 1.82) is 0 Å². The van der Waals surface area contributed by atoms with Crippen molar-refractivity contribution in [3.05, 3.63) is 50.2 Å². The second-order valence-corrected chi connectivity index (χ2v) is 14.4. The quantitative estimate of drug-likeness (QED) is 0.109. The number of benzene rings is 2. The van der Waals surface area contributed by atoms with Gasteiger partial charge in [-0.15, -0.1) is 0 Å². The molecule has 2 bridgehead atoms. The van der Waals surface area contributed by atoms with E-state index in [0.717, 1.165) is 26.4 Å². The third-order valence-electron chi connectivity index (χ3n) is 6.71. The third kappa shape index (κ3) is 4.68. The number of hydrogen-bond acceptors (Lipinski definition) is 9. The second kappa shape index (κ2) is 10.0. The van der Waals surface area contributed by atoms with Gasteiger partial charge in [0.2, 0.25) is 0 Å². The number of rotatable bonds is 5. The van der Waals surface area contributed by atoms with Gasteiger partial charge in [0.25, 0.3) is 0 Å². The van der Waals surface area contributed by atoms with Crippen molar-refractivity contribution in [3.8, 4) is 5.75 Å². The molecule has 0 N–H and O–H groups in total. The number of carbonyl (C=O) groups excluding carboxylic acids is 3. The zero-order chi connectivity index (χ0) is 26.1. The molecule has 3 aliphatic rings. The minimum absolute atomic E-state index is 0.0317. The average molecular weight is 961 g/mol. The topological polar surface area (TPSA) is 136 Å². The van der Waals surface area contributed by atoms with E-state index in [9.17, 15) is 27.4 Å². The second-order valence-electron chi connectivity index (χ2n) is 8.58. The summed E-state index contributed by atoms with van der Waals surface area (Å²) >= 11 is 8.65. The first-order valence-corrected chi connectivity index (χ1v) is 16.1. The maximum atomic E-state index is 13.2. The van der Waals surface area contributed by atoms with Crippen molar-refractivity contribution in [3.63, 3.8) is 0 Å². The lowest BCUT2D eigenvalue weighted by atomic mass is 9.78. The molecule has 1 aliphatic heterocycles. The van der Waals surface area contributed by atoms with E-state index in [1.165, 1.54) is 12.1 Å². The fourth-order valence-corrected chi connectivity index (χ4v) is 8.97. The fourth-order valence-electron chi connectivity index (χ4n) is 5.24. The van der Waals surface area contributed by atoms with Gasteiger partial charge < -0.3 is 18.8 Å². The lowest BCUT2D eigenvalue weighted by Crippen LogP contribution is -2.44. The van der Waals surface area contributed by atoms with Gasteiger partial charge in [-0.25, -0.2) is 13.2 Å². The van der Waals surface area contributed by atoms with E-state index in [1.54, 1.807) is 6.07 Å². The molecule has 6 atom stereocenters. The molecule has 1 saturated heterocycles. The minimum Gasteiger partial charge on any atom is -0.744 e. The monoisotopic (exact) mass is 961 g/mol. The van der Waals surface area contributed by atoms with Crippen LogP contribution in [-0.2, 0) is 29.2 Å². The number of esters is 3. The average Bonchev–Trinajstić information content (AvgIpc) is 3.43. The molecule has 6 unspecified atom stereocenters. The van der Waals surface area contributed by atoms with Crippen LogP contribution in [0.2, 0.25) is 0 Å². The van der Waals surface area contributed by atoms with Gasteiger partial charge in [0.05, 0.1) is 22.3 Å². The molecule has 1 heterocycles. The van der Waals surface area contributed by atoms with Gasteiger partial charge in [-0.1, -0.05) is 0 Å². The minimum atomic E-state index is -4.64. The van der Waals surface area contributed by atoms with Crippen LogP contribution >= 0.6 is 90.4 Å². The summed E-state index contributed by atoms with van der Waals surface area (Å²) in [6.07, 6.45) is -0.923. The predicted molar refractivity (Wildman–Crippen MR) is 155 cm³/mol. The van der Waals surface area contributed by atoms with Crippen LogP contribution in [0.25, 0.3) is 0 Å². The Labute approximate surface area is 260 Å². The fraction of sp³-hybridized carbons (Fsp3) is 0.318. The number of hydrogen-bond donors (Lipinski definition) is 0. The molecule has 0 aromatic heterocycles. The zero-order valence-electron chi connectivity index (χ0n) is 17.7. The highest BCUT2D eigenvalue weighted by atomic mass is 127. The summed E-state index contributed by atoms with van der Waals surface area (Å²) in [6.45, 7) is 0. The number of ether oxygens (including phenoxy) is 3. The van der Waals surface area contributed by atoms with Crippen LogP contribution in [0.4, 0.5) is 0 Å². The summed E-state index contributed by atoms with van der Waals surface area (Å²) in [6, 6.07) is 6.24. The highest BCUT2D eigenvalue weighted by Gasteiger charge is 2.70. The van der Waals surface area contributed by atoms with Crippen molar-refractivity contribution < 1.29 is 41.6 Å². The van der Waals surface area contributed by atoms with E-state index >= 15 is 0 Å². The van der Waals surface area contributed by atoms with Crippen molar-refractivity contribution in [2.75, 3.05) is 0 Å². The molecule has 5 rings (SSSR count). The molecular weight excluding hydrogens is 948 g/mol. The zero-order valence-corrected chi connectivity index (χ0v) is 27.1. The molecule has 2 aromatic rings. The molecule has 2 aromatic carbocycles. The largest absolute Gasteiger partial charge is 0.744 e. The Kier molecular flexibility index (Phi) is 7.58. The van der Waals surface area contributed by atoms with Crippen LogP contribution < -0.4 is 4.74 Å². The Bertz CT molecular complexity index is 1410. The van der Waals surface area contributed by atoms with E-state index in [0.29, 0.717) is 12.0 Å². The lowest BCUT2D eigenvalue weighted by Gasteiger charge is -2.30. The van der Waals surface area contributed by atoms with Crippen LogP contribution in [0.15, 0.2) is 35.2 Å². The van der Waals surface area contributed by atoms with Gasteiger partial charge in [0.15, 0.2) is 0 Å². The molecule has 3 fully saturated rings. The first-order chi connectivity index (χ1) is 16.9. The highest BCUT2D eigenvalue weighted by molar-refractivity contribution is 14.1. The van der Waals surface area contributed by atoms with Gasteiger partial charge in [0.1, 0.15) is 28.1 Å². The standard InChI is InChI=1S/C22H14I4O9S/c23-12-6-11(15(24)17(26)16(12)25)20(27)34-18-9-5-10-14(22(29)35-19(10)18)13(9)21(28)33-7-1-3-8(4-2-7)36(30,31)32/h1-4,6,9-10,13-14,18-19H,5H2,(H,30,31,32)/p-1. The number of carbonyl (C=O) groups is 3. The molecule has 14 heteroatoms. The summed E-state index contributed by atoms with van der Waals surface area (Å²) in [4.78, 5) is 38.5. The first kappa shape index (κ1) is 27.3. The SMILES string of the molecule is O=C(OC1C2CC3C1OC(=O)C3C2C(=O)Oc1ccc(S(=O)(=O)[O-])cc1)c1cc(I)c(I)c(I)c1I. The van der Waals surface area contributed by atoms with Crippen LogP contribution in [-0.4, -0.2) is 43.1 Å². The van der Waals surface area contributed by atoms with Crippen molar-refractivity contribution in [2.45, 2.75) is 23.5 Å². The van der Waals surface area contributed by atoms with Gasteiger partial charge in [0, 0.05) is 26.1 Å². The summed E-state index contributed by atoms with van der Waals surface area (Å²) in [7, 11) is -4.64. The lowest BCUT2D eigenvalue weighted by molar-refractivity contribution is -0.149. The maximum absolute atomic E-state index is 13.2. The van der Waals surface area contributed by atoms with Gasteiger partial charge >= 0.3 is 17.9 Å². The van der Waals surface area contributed by atoms with Crippen molar-refractivity contribution in [2.24, 2.45) is 23.7 Å². The van der Waals surface area contributed by atoms with Crippen LogP contribution in [0, 0.1) is 38.0 Å². The molecule has 190 valence electrons. The Morgan fingerprint density at radius 1 is 1.00 bits per heavy atom.